The average Bonchev–Trinajstić information content (AvgIpc) is 2.18. The predicted molar refractivity (Wildman–Crippen MR) is 47.6 cm³/mol. The standard InChI is InChI=1S/C8H10O4S/c1-11-7-2-4-8(5-3-7)13(10)12-6-9/h2-5,9H,6H2,1H3. The van der Waals surface area contributed by atoms with Gasteiger partial charge >= 0.3 is 0 Å². The Morgan fingerprint density at radius 3 is 2.46 bits per heavy atom. The molecule has 1 atom stereocenters. The summed E-state index contributed by atoms with van der Waals surface area (Å²) in [5, 5.41) is 8.36. The summed E-state index contributed by atoms with van der Waals surface area (Å²) in [6.07, 6.45) is 0. The van der Waals surface area contributed by atoms with Gasteiger partial charge in [0.05, 0.1) is 12.0 Å². The number of aliphatic hydroxyl groups excluding tert-OH is 1. The van der Waals surface area contributed by atoms with Crippen molar-refractivity contribution in [3.8, 4) is 5.75 Å². The van der Waals surface area contributed by atoms with Crippen LogP contribution in [0.15, 0.2) is 29.2 Å². The monoisotopic (exact) mass is 202 g/mol. The Balaban J connectivity index is 2.74. The molecule has 0 radical (unpaired) electrons. The van der Waals surface area contributed by atoms with Gasteiger partial charge in [-0.2, -0.15) is 0 Å². The molecule has 13 heavy (non-hydrogen) atoms. The minimum absolute atomic E-state index is 0.495. The van der Waals surface area contributed by atoms with Crippen molar-refractivity contribution >= 4 is 11.1 Å². The van der Waals surface area contributed by atoms with Gasteiger partial charge in [0.2, 0.25) is 0 Å². The Kier molecular flexibility index (Phi) is 3.88. The van der Waals surface area contributed by atoms with E-state index in [0.717, 1.165) is 0 Å². The molecule has 72 valence electrons. The van der Waals surface area contributed by atoms with Crippen molar-refractivity contribution in [1.82, 2.24) is 0 Å². The van der Waals surface area contributed by atoms with Crippen molar-refractivity contribution in [3.63, 3.8) is 0 Å². The third kappa shape index (κ3) is 2.80. The van der Waals surface area contributed by atoms with Crippen molar-refractivity contribution in [3.05, 3.63) is 24.3 Å². The van der Waals surface area contributed by atoms with E-state index in [9.17, 15) is 4.21 Å². The first-order valence-electron chi connectivity index (χ1n) is 3.58. The molecule has 0 spiro atoms. The van der Waals surface area contributed by atoms with E-state index >= 15 is 0 Å². The van der Waals surface area contributed by atoms with Crippen molar-refractivity contribution in [2.24, 2.45) is 0 Å². The van der Waals surface area contributed by atoms with E-state index in [-0.39, 0.29) is 0 Å². The van der Waals surface area contributed by atoms with E-state index in [1.807, 2.05) is 0 Å². The number of benzene rings is 1. The molecular formula is C8H10O4S. The maximum atomic E-state index is 11.1. The first kappa shape index (κ1) is 10.2. The molecule has 0 bridgehead atoms. The molecule has 5 heteroatoms. The SMILES string of the molecule is COc1ccc(S(=O)OCO)cc1. The predicted octanol–water partition coefficient (Wildman–Crippen LogP) is 0.684. The molecule has 1 unspecified atom stereocenters. The van der Waals surface area contributed by atoms with Gasteiger partial charge in [-0.3, -0.25) is 4.18 Å². The number of ether oxygens (including phenoxy) is 1. The highest BCUT2D eigenvalue weighted by Gasteiger charge is 2.03. The molecule has 0 aliphatic carbocycles. The van der Waals surface area contributed by atoms with Gasteiger partial charge in [0.1, 0.15) is 5.75 Å². The quantitative estimate of drug-likeness (QED) is 0.730. The Labute approximate surface area is 78.8 Å². The molecule has 1 rings (SSSR count). The van der Waals surface area contributed by atoms with E-state index in [1.54, 1.807) is 31.4 Å². The number of hydrogen-bond donors (Lipinski definition) is 1. The lowest BCUT2D eigenvalue weighted by Gasteiger charge is -2.01. The van der Waals surface area contributed by atoms with Gasteiger partial charge in [0, 0.05) is 0 Å². The molecule has 0 saturated carbocycles. The van der Waals surface area contributed by atoms with Gasteiger partial charge in [0.15, 0.2) is 17.9 Å². The zero-order valence-electron chi connectivity index (χ0n) is 7.10. The summed E-state index contributed by atoms with van der Waals surface area (Å²) in [6.45, 7) is -0.557. The number of aliphatic hydroxyl groups is 1. The first-order valence-corrected chi connectivity index (χ1v) is 4.65. The normalized spacial score (nSPS) is 12.5. The van der Waals surface area contributed by atoms with Crippen LogP contribution in [-0.4, -0.2) is 23.2 Å². The lowest BCUT2D eigenvalue weighted by molar-refractivity contribution is 0.112. The lowest BCUT2D eigenvalue weighted by atomic mass is 10.3. The molecule has 1 aromatic carbocycles. The van der Waals surface area contributed by atoms with Gasteiger partial charge < -0.3 is 9.84 Å². The van der Waals surface area contributed by atoms with E-state index in [2.05, 4.69) is 4.18 Å². The summed E-state index contributed by atoms with van der Waals surface area (Å²) in [5.74, 6) is 0.685. The van der Waals surface area contributed by atoms with Crippen molar-refractivity contribution < 1.29 is 18.2 Å². The Bertz CT molecular complexity index is 283. The van der Waals surface area contributed by atoms with Gasteiger partial charge in [-0.05, 0) is 24.3 Å². The Morgan fingerprint density at radius 1 is 1.38 bits per heavy atom. The fraction of sp³-hybridized carbons (Fsp3) is 0.250. The van der Waals surface area contributed by atoms with E-state index < -0.39 is 17.9 Å². The van der Waals surface area contributed by atoms with Crippen LogP contribution in [0, 0.1) is 0 Å². The molecule has 4 nitrogen and oxygen atoms in total. The summed E-state index contributed by atoms with van der Waals surface area (Å²) in [6, 6.07) is 6.58. The molecule has 1 aromatic rings. The van der Waals surface area contributed by atoms with Gasteiger partial charge in [-0.1, -0.05) is 0 Å². The van der Waals surface area contributed by atoms with Crippen LogP contribution in [0.4, 0.5) is 0 Å². The second-order valence-corrected chi connectivity index (χ2v) is 3.33. The largest absolute Gasteiger partial charge is 0.497 e. The highest BCUT2D eigenvalue weighted by Crippen LogP contribution is 2.14. The summed E-state index contributed by atoms with van der Waals surface area (Å²) in [4.78, 5) is 0.495. The molecule has 0 amide bonds. The minimum Gasteiger partial charge on any atom is -0.497 e. The van der Waals surface area contributed by atoms with Crippen LogP contribution in [0.3, 0.4) is 0 Å². The van der Waals surface area contributed by atoms with Gasteiger partial charge in [-0.15, -0.1) is 0 Å². The van der Waals surface area contributed by atoms with Crippen LogP contribution in [-0.2, 0) is 15.3 Å². The fourth-order valence-corrected chi connectivity index (χ4v) is 1.39. The van der Waals surface area contributed by atoms with Crippen LogP contribution in [0.5, 0.6) is 5.75 Å². The maximum absolute atomic E-state index is 11.1. The summed E-state index contributed by atoms with van der Waals surface area (Å²) in [5.41, 5.74) is 0. The summed E-state index contributed by atoms with van der Waals surface area (Å²) in [7, 11) is 1.55. The van der Waals surface area contributed by atoms with Gasteiger partial charge in [-0.25, -0.2) is 4.21 Å². The number of rotatable bonds is 4. The number of methoxy groups -OCH3 is 1. The molecule has 0 heterocycles. The number of hydrogen-bond acceptors (Lipinski definition) is 4. The highest BCUT2D eigenvalue weighted by molar-refractivity contribution is 7.80. The van der Waals surface area contributed by atoms with E-state index in [0.29, 0.717) is 10.6 Å². The van der Waals surface area contributed by atoms with Gasteiger partial charge in [0.25, 0.3) is 0 Å². The lowest BCUT2D eigenvalue weighted by Crippen LogP contribution is -1.98. The van der Waals surface area contributed by atoms with Crippen molar-refractivity contribution in [2.75, 3.05) is 13.9 Å². The molecule has 1 N–H and O–H groups in total. The first-order chi connectivity index (χ1) is 6.27. The van der Waals surface area contributed by atoms with Crippen LogP contribution in [0.2, 0.25) is 0 Å². The zero-order valence-corrected chi connectivity index (χ0v) is 7.91. The van der Waals surface area contributed by atoms with E-state index in [1.165, 1.54) is 0 Å². The molecule has 0 aromatic heterocycles. The highest BCUT2D eigenvalue weighted by atomic mass is 32.2. The third-order valence-corrected chi connectivity index (χ3v) is 2.39. The Morgan fingerprint density at radius 2 is 2.00 bits per heavy atom. The summed E-state index contributed by atoms with van der Waals surface area (Å²) >= 11 is -1.60. The van der Waals surface area contributed by atoms with Crippen molar-refractivity contribution in [2.45, 2.75) is 4.90 Å². The second-order valence-electron chi connectivity index (χ2n) is 2.16. The molecule has 0 aliphatic rings. The molecule has 0 fully saturated rings. The van der Waals surface area contributed by atoms with E-state index in [4.69, 9.17) is 9.84 Å². The minimum atomic E-state index is -1.60. The maximum Gasteiger partial charge on any atom is 0.191 e. The van der Waals surface area contributed by atoms with Crippen LogP contribution in [0.1, 0.15) is 0 Å². The van der Waals surface area contributed by atoms with Crippen LogP contribution in [0.25, 0.3) is 0 Å². The molecular weight excluding hydrogens is 192 g/mol. The fourth-order valence-electron chi connectivity index (χ4n) is 0.803. The Hall–Kier alpha value is -0.910. The smallest absolute Gasteiger partial charge is 0.191 e. The average molecular weight is 202 g/mol. The summed E-state index contributed by atoms with van der Waals surface area (Å²) < 4.78 is 20.5. The topological polar surface area (TPSA) is 55.8 Å². The van der Waals surface area contributed by atoms with Crippen LogP contribution >= 0.6 is 0 Å². The zero-order chi connectivity index (χ0) is 9.68. The third-order valence-electron chi connectivity index (χ3n) is 1.41. The van der Waals surface area contributed by atoms with Crippen molar-refractivity contribution in [1.29, 1.82) is 0 Å². The molecule has 0 aliphatic heterocycles. The molecule has 0 saturated heterocycles. The second kappa shape index (κ2) is 4.96. The van der Waals surface area contributed by atoms with Crippen LogP contribution < -0.4 is 4.74 Å².